The van der Waals surface area contributed by atoms with Crippen LogP contribution in [0.4, 0.5) is 0 Å². The minimum absolute atomic E-state index is 0.00779. The third-order valence-electron chi connectivity index (χ3n) is 4.43. The summed E-state index contributed by atoms with van der Waals surface area (Å²) in [4.78, 5) is 12.4. The van der Waals surface area contributed by atoms with Gasteiger partial charge >= 0.3 is 0 Å². The first-order valence-corrected chi connectivity index (χ1v) is 8.59. The lowest BCUT2D eigenvalue weighted by Crippen LogP contribution is -2.30. The maximum atomic E-state index is 12.4. The van der Waals surface area contributed by atoms with E-state index in [0.717, 1.165) is 17.5 Å². The highest BCUT2D eigenvalue weighted by atomic mass is 16.7. The number of benzene rings is 2. The largest absolute Gasteiger partial charge is 0.454 e. The summed E-state index contributed by atoms with van der Waals surface area (Å²) in [5.41, 5.74) is 1.77. The zero-order valence-electron chi connectivity index (χ0n) is 14.3. The molecule has 25 heavy (non-hydrogen) atoms. The third kappa shape index (κ3) is 4.12. The molecular weight excluding hydrogens is 318 g/mol. The van der Waals surface area contributed by atoms with E-state index in [1.165, 1.54) is 0 Å². The summed E-state index contributed by atoms with van der Waals surface area (Å²) in [6, 6.07) is 15.2. The second-order valence-electron chi connectivity index (χ2n) is 6.08. The Balaban J connectivity index is 1.52. The smallest absolute Gasteiger partial charge is 0.231 e. The maximum absolute atomic E-state index is 12.4. The number of hydrogen-bond acceptors (Lipinski definition) is 4. The van der Waals surface area contributed by atoms with Crippen molar-refractivity contribution in [3.63, 3.8) is 0 Å². The molecule has 1 aliphatic heterocycles. The minimum atomic E-state index is -0.661. The second-order valence-corrected chi connectivity index (χ2v) is 6.08. The van der Waals surface area contributed by atoms with Crippen LogP contribution in [-0.2, 0) is 4.79 Å². The maximum Gasteiger partial charge on any atom is 0.231 e. The summed E-state index contributed by atoms with van der Waals surface area (Å²) >= 11 is 0. The number of rotatable bonds is 7. The van der Waals surface area contributed by atoms with Crippen LogP contribution in [0.2, 0.25) is 0 Å². The van der Waals surface area contributed by atoms with Crippen molar-refractivity contribution in [3.8, 4) is 11.5 Å². The number of nitrogens with one attached hydrogen (secondary N) is 1. The molecule has 0 saturated heterocycles. The van der Waals surface area contributed by atoms with Gasteiger partial charge in [-0.1, -0.05) is 43.3 Å². The molecule has 1 heterocycles. The summed E-state index contributed by atoms with van der Waals surface area (Å²) in [7, 11) is 0. The van der Waals surface area contributed by atoms with Gasteiger partial charge in [-0.3, -0.25) is 4.79 Å². The molecule has 3 rings (SSSR count). The molecule has 2 aromatic carbocycles. The monoisotopic (exact) mass is 341 g/mol. The lowest BCUT2D eigenvalue weighted by atomic mass is 9.95. The van der Waals surface area contributed by atoms with E-state index in [-0.39, 0.29) is 18.6 Å². The van der Waals surface area contributed by atoms with Gasteiger partial charge in [0.25, 0.3) is 0 Å². The normalized spacial score (nSPS) is 14.8. The van der Waals surface area contributed by atoms with Crippen molar-refractivity contribution in [3.05, 3.63) is 59.7 Å². The number of aliphatic hydroxyl groups is 1. The van der Waals surface area contributed by atoms with E-state index in [9.17, 15) is 9.90 Å². The van der Waals surface area contributed by atoms with Crippen molar-refractivity contribution < 1.29 is 19.4 Å². The van der Waals surface area contributed by atoms with Crippen LogP contribution in [-0.4, -0.2) is 24.4 Å². The number of carbonyl (C=O) groups excluding carboxylic acids is 1. The standard InChI is InChI=1S/C20H23NO4/c1-2-16(14-6-4-3-5-7-14)20(23)21-11-10-17(22)15-8-9-18-19(12-15)25-13-24-18/h3-9,12,16-17,22H,2,10-11,13H2,1H3,(H,21,23)/t16-,17-/m1/s1. The van der Waals surface area contributed by atoms with Crippen molar-refractivity contribution in [1.29, 1.82) is 0 Å². The van der Waals surface area contributed by atoms with E-state index in [0.29, 0.717) is 24.5 Å². The van der Waals surface area contributed by atoms with Crippen LogP contribution in [0.1, 0.15) is 42.9 Å². The number of ether oxygens (including phenoxy) is 2. The number of amides is 1. The molecule has 0 radical (unpaired) electrons. The number of hydrogen-bond donors (Lipinski definition) is 2. The molecule has 5 heteroatoms. The SMILES string of the molecule is CC[C@@H](C(=O)NCC[C@@H](O)c1ccc2c(c1)OCO2)c1ccccc1. The van der Waals surface area contributed by atoms with Crippen molar-refractivity contribution in [2.45, 2.75) is 31.8 Å². The van der Waals surface area contributed by atoms with Gasteiger partial charge in [0.15, 0.2) is 11.5 Å². The highest BCUT2D eigenvalue weighted by Crippen LogP contribution is 2.34. The van der Waals surface area contributed by atoms with Crippen LogP contribution in [0.3, 0.4) is 0 Å². The first-order chi connectivity index (χ1) is 12.2. The molecule has 0 spiro atoms. The van der Waals surface area contributed by atoms with Gasteiger partial charge in [-0.15, -0.1) is 0 Å². The summed E-state index contributed by atoms with van der Waals surface area (Å²) in [6.07, 6.45) is 0.517. The van der Waals surface area contributed by atoms with Gasteiger partial charge in [-0.2, -0.15) is 0 Å². The fourth-order valence-electron chi connectivity index (χ4n) is 3.00. The van der Waals surface area contributed by atoms with Crippen molar-refractivity contribution in [2.75, 3.05) is 13.3 Å². The Labute approximate surface area is 147 Å². The Bertz CT molecular complexity index is 717. The average Bonchev–Trinajstić information content (AvgIpc) is 3.11. The van der Waals surface area contributed by atoms with Gasteiger partial charge in [0, 0.05) is 6.54 Å². The van der Waals surface area contributed by atoms with E-state index >= 15 is 0 Å². The number of aliphatic hydroxyl groups excluding tert-OH is 1. The molecule has 0 bridgehead atoms. The summed E-state index contributed by atoms with van der Waals surface area (Å²) in [5, 5.41) is 13.3. The molecule has 2 atom stereocenters. The lowest BCUT2D eigenvalue weighted by molar-refractivity contribution is -0.122. The zero-order valence-corrected chi connectivity index (χ0v) is 14.3. The Morgan fingerprint density at radius 3 is 2.64 bits per heavy atom. The Kier molecular flexibility index (Phi) is 5.56. The lowest BCUT2D eigenvalue weighted by Gasteiger charge is -2.17. The zero-order chi connectivity index (χ0) is 17.6. The van der Waals surface area contributed by atoms with Crippen LogP contribution in [0.25, 0.3) is 0 Å². The van der Waals surface area contributed by atoms with Gasteiger partial charge < -0.3 is 19.9 Å². The first-order valence-electron chi connectivity index (χ1n) is 8.59. The highest BCUT2D eigenvalue weighted by molar-refractivity contribution is 5.83. The van der Waals surface area contributed by atoms with Gasteiger partial charge in [-0.05, 0) is 36.1 Å². The Morgan fingerprint density at radius 2 is 1.88 bits per heavy atom. The molecule has 1 aliphatic rings. The van der Waals surface area contributed by atoms with Gasteiger partial charge in [0.1, 0.15) is 0 Å². The minimum Gasteiger partial charge on any atom is -0.454 e. The molecule has 0 saturated carbocycles. The fourth-order valence-corrected chi connectivity index (χ4v) is 3.00. The molecule has 0 unspecified atom stereocenters. The van der Waals surface area contributed by atoms with E-state index in [1.807, 2.05) is 43.3 Å². The quantitative estimate of drug-likeness (QED) is 0.812. The van der Waals surface area contributed by atoms with Crippen LogP contribution >= 0.6 is 0 Å². The summed E-state index contributed by atoms with van der Waals surface area (Å²) in [6.45, 7) is 2.62. The van der Waals surface area contributed by atoms with Gasteiger partial charge in [-0.25, -0.2) is 0 Å². The third-order valence-corrected chi connectivity index (χ3v) is 4.43. The molecule has 5 nitrogen and oxygen atoms in total. The van der Waals surface area contributed by atoms with Crippen molar-refractivity contribution in [2.24, 2.45) is 0 Å². The van der Waals surface area contributed by atoms with Crippen LogP contribution in [0.15, 0.2) is 48.5 Å². The number of carbonyl (C=O) groups is 1. The molecule has 0 aliphatic carbocycles. The molecule has 0 aromatic heterocycles. The predicted molar refractivity (Wildman–Crippen MR) is 94.6 cm³/mol. The molecule has 2 N–H and O–H groups in total. The van der Waals surface area contributed by atoms with E-state index in [2.05, 4.69) is 5.32 Å². The Hall–Kier alpha value is -2.53. The van der Waals surface area contributed by atoms with Crippen LogP contribution in [0.5, 0.6) is 11.5 Å². The topological polar surface area (TPSA) is 67.8 Å². The van der Waals surface area contributed by atoms with Crippen LogP contribution in [0, 0.1) is 0 Å². The second kappa shape index (κ2) is 8.03. The summed E-state index contributed by atoms with van der Waals surface area (Å²) < 4.78 is 10.6. The predicted octanol–water partition coefficient (Wildman–Crippen LogP) is 3.15. The van der Waals surface area contributed by atoms with Gasteiger partial charge in [0.05, 0.1) is 12.0 Å². The summed E-state index contributed by atoms with van der Waals surface area (Å²) in [5.74, 6) is 1.17. The fraction of sp³-hybridized carbons (Fsp3) is 0.350. The van der Waals surface area contributed by atoms with Crippen LogP contribution < -0.4 is 14.8 Å². The van der Waals surface area contributed by atoms with Gasteiger partial charge in [0.2, 0.25) is 12.7 Å². The number of fused-ring (bicyclic) bond motifs is 1. The van der Waals surface area contributed by atoms with E-state index < -0.39 is 6.10 Å². The van der Waals surface area contributed by atoms with Crippen molar-refractivity contribution >= 4 is 5.91 Å². The first kappa shape index (κ1) is 17.3. The molecular formula is C20H23NO4. The van der Waals surface area contributed by atoms with Crippen molar-refractivity contribution in [1.82, 2.24) is 5.32 Å². The van der Waals surface area contributed by atoms with E-state index in [4.69, 9.17) is 9.47 Å². The molecule has 0 fully saturated rings. The highest BCUT2D eigenvalue weighted by Gasteiger charge is 2.19. The average molecular weight is 341 g/mol. The Morgan fingerprint density at radius 1 is 1.12 bits per heavy atom. The van der Waals surface area contributed by atoms with E-state index in [1.54, 1.807) is 12.1 Å². The molecule has 132 valence electrons. The molecule has 1 amide bonds. The molecule has 2 aromatic rings.